The Bertz CT molecular complexity index is 1430. The summed E-state index contributed by atoms with van der Waals surface area (Å²) in [4.78, 5) is 9.49. The zero-order valence-corrected chi connectivity index (χ0v) is 20.5. The van der Waals surface area contributed by atoms with Gasteiger partial charge in [-0.15, -0.1) is 0 Å². The van der Waals surface area contributed by atoms with Crippen molar-refractivity contribution in [3.05, 3.63) is 54.4 Å². The van der Waals surface area contributed by atoms with Crippen molar-refractivity contribution in [2.45, 2.75) is 57.5 Å². The highest BCUT2D eigenvalue weighted by molar-refractivity contribution is 7.90. The number of fused-ring (bicyclic) bond motifs is 1. The molecule has 1 atom stereocenters. The van der Waals surface area contributed by atoms with E-state index in [1.807, 2.05) is 37.7 Å². The van der Waals surface area contributed by atoms with E-state index in [-0.39, 0.29) is 22.9 Å². The van der Waals surface area contributed by atoms with Crippen LogP contribution >= 0.6 is 0 Å². The number of aryl methyl sites for hydroxylation is 1. The first kappa shape index (κ1) is 22.4. The van der Waals surface area contributed by atoms with E-state index in [1.165, 1.54) is 16.8 Å². The van der Waals surface area contributed by atoms with Crippen LogP contribution in [0.25, 0.3) is 11.0 Å². The Balaban J connectivity index is 1.59. The van der Waals surface area contributed by atoms with Crippen molar-refractivity contribution in [2.24, 2.45) is 5.92 Å². The number of hydrogen-bond donors (Lipinski definition) is 2. The molecule has 4 aromatic rings. The minimum Gasteiger partial charge on any atom is -0.367 e. The van der Waals surface area contributed by atoms with Gasteiger partial charge in [0, 0.05) is 30.5 Å². The Kier molecular flexibility index (Phi) is 5.55. The maximum absolute atomic E-state index is 13.5. The van der Waals surface area contributed by atoms with Crippen LogP contribution in [0.15, 0.2) is 53.7 Å². The Hall–Kier alpha value is -3.40. The number of nitrogens with zero attached hydrogens (tertiary/aromatic N) is 5. The minimum absolute atomic E-state index is 0.209. The van der Waals surface area contributed by atoms with E-state index in [1.54, 1.807) is 36.5 Å². The lowest BCUT2D eigenvalue weighted by atomic mass is 10.2. The Morgan fingerprint density at radius 3 is 2.38 bits per heavy atom. The highest BCUT2D eigenvalue weighted by Crippen LogP contribution is 2.35. The van der Waals surface area contributed by atoms with Gasteiger partial charge in [-0.3, -0.25) is 4.68 Å². The molecule has 1 fully saturated rings. The van der Waals surface area contributed by atoms with Gasteiger partial charge in [0.2, 0.25) is 5.95 Å². The molecule has 2 N–H and O–H groups in total. The maximum Gasteiger partial charge on any atom is 0.269 e. The largest absolute Gasteiger partial charge is 0.367 e. The van der Waals surface area contributed by atoms with Gasteiger partial charge in [0.05, 0.1) is 10.3 Å². The number of rotatable bonds is 8. The molecular formula is C24H29N7O2S. The first-order chi connectivity index (χ1) is 16.2. The molecule has 10 heteroatoms. The number of hydrogen-bond acceptors (Lipinski definition) is 7. The summed E-state index contributed by atoms with van der Waals surface area (Å²) >= 11 is 0. The van der Waals surface area contributed by atoms with Crippen LogP contribution in [0.4, 0.5) is 17.6 Å². The van der Waals surface area contributed by atoms with Gasteiger partial charge in [-0.1, -0.05) is 17.7 Å². The second-order valence-electron chi connectivity index (χ2n) is 9.23. The van der Waals surface area contributed by atoms with E-state index >= 15 is 0 Å². The molecule has 0 spiro atoms. The quantitative estimate of drug-likeness (QED) is 0.377. The molecule has 5 rings (SSSR count). The molecule has 1 aliphatic rings. The van der Waals surface area contributed by atoms with Crippen LogP contribution in [0.2, 0.25) is 0 Å². The molecule has 1 aromatic carbocycles. The molecule has 0 amide bonds. The second kappa shape index (κ2) is 8.43. The van der Waals surface area contributed by atoms with Crippen LogP contribution in [-0.4, -0.2) is 38.2 Å². The lowest BCUT2D eigenvalue weighted by Gasteiger charge is -2.16. The third-order valence-electron chi connectivity index (χ3n) is 6.16. The lowest BCUT2D eigenvalue weighted by Crippen LogP contribution is -2.19. The molecule has 3 heterocycles. The minimum atomic E-state index is -3.83. The molecule has 0 bridgehead atoms. The van der Waals surface area contributed by atoms with Crippen LogP contribution in [0.1, 0.15) is 45.2 Å². The molecule has 0 radical (unpaired) electrons. The standard InChI is InChI=1S/C24H29N7O2S/c1-15(2)30-13-12-21(29-30)26-24-27-22(25-17(4)18-7-8-18)20-11-14-31(23(20)28-24)34(32,33)19-9-5-16(3)6-10-19/h5-6,9-15,17-18H,7-8H2,1-4H3,(H2,25,26,27,28,29)/t17-/m0/s1. The van der Waals surface area contributed by atoms with Crippen molar-refractivity contribution in [1.29, 1.82) is 0 Å². The average Bonchev–Trinajstić information content (AvgIpc) is 3.38. The molecule has 0 saturated heterocycles. The van der Waals surface area contributed by atoms with E-state index in [4.69, 9.17) is 0 Å². The fourth-order valence-corrected chi connectivity index (χ4v) is 5.21. The second-order valence-corrected chi connectivity index (χ2v) is 11.0. The smallest absolute Gasteiger partial charge is 0.269 e. The topological polar surface area (TPSA) is 107 Å². The summed E-state index contributed by atoms with van der Waals surface area (Å²) in [6.45, 7) is 8.14. The van der Waals surface area contributed by atoms with Crippen LogP contribution in [0.3, 0.4) is 0 Å². The fraction of sp³-hybridized carbons (Fsp3) is 0.375. The zero-order valence-electron chi connectivity index (χ0n) is 19.7. The van der Waals surface area contributed by atoms with Gasteiger partial charge in [-0.25, -0.2) is 12.4 Å². The molecule has 9 nitrogen and oxygen atoms in total. The van der Waals surface area contributed by atoms with E-state index in [0.29, 0.717) is 28.6 Å². The van der Waals surface area contributed by atoms with Gasteiger partial charge in [-0.2, -0.15) is 15.1 Å². The van der Waals surface area contributed by atoms with Crippen molar-refractivity contribution >= 4 is 38.6 Å². The summed E-state index contributed by atoms with van der Waals surface area (Å²) in [6.07, 6.45) is 5.79. The summed E-state index contributed by atoms with van der Waals surface area (Å²) in [5.41, 5.74) is 1.30. The van der Waals surface area contributed by atoms with Crippen molar-refractivity contribution in [1.82, 2.24) is 23.7 Å². The lowest BCUT2D eigenvalue weighted by molar-refractivity contribution is 0.534. The zero-order chi connectivity index (χ0) is 24.0. The van der Waals surface area contributed by atoms with Crippen molar-refractivity contribution in [3.8, 4) is 0 Å². The molecule has 0 aliphatic heterocycles. The number of anilines is 3. The summed E-state index contributed by atoms with van der Waals surface area (Å²) < 4.78 is 30.0. The highest BCUT2D eigenvalue weighted by Gasteiger charge is 2.29. The van der Waals surface area contributed by atoms with E-state index < -0.39 is 10.0 Å². The van der Waals surface area contributed by atoms with Gasteiger partial charge in [0.1, 0.15) is 5.82 Å². The van der Waals surface area contributed by atoms with Crippen molar-refractivity contribution < 1.29 is 8.42 Å². The van der Waals surface area contributed by atoms with Gasteiger partial charge >= 0.3 is 0 Å². The maximum atomic E-state index is 13.5. The third-order valence-corrected chi connectivity index (χ3v) is 7.84. The fourth-order valence-electron chi connectivity index (χ4n) is 3.91. The van der Waals surface area contributed by atoms with Gasteiger partial charge in [0.25, 0.3) is 10.0 Å². The predicted octanol–water partition coefficient (Wildman–Crippen LogP) is 4.71. The molecule has 3 aromatic heterocycles. The molecular weight excluding hydrogens is 450 g/mol. The normalized spacial score (nSPS) is 15.1. The van der Waals surface area contributed by atoms with Crippen molar-refractivity contribution in [2.75, 3.05) is 10.6 Å². The summed E-state index contributed by atoms with van der Waals surface area (Å²) in [5, 5.41) is 11.8. The summed E-state index contributed by atoms with van der Waals surface area (Å²) in [5.74, 6) is 2.08. The monoisotopic (exact) mass is 479 g/mol. The van der Waals surface area contributed by atoms with E-state index in [0.717, 1.165) is 5.56 Å². The summed E-state index contributed by atoms with van der Waals surface area (Å²) in [7, 11) is -3.83. The first-order valence-corrected chi connectivity index (χ1v) is 13.0. The number of aromatic nitrogens is 5. The number of nitrogens with one attached hydrogen (secondary N) is 2. The number of benzene rings is 1. The Labute approximate surface area is 199 Å². The van der Waals surface area contributed by atoms with Gasteiger partial charge < -0.3 is 10.6 Å². The average molecular weight is 480 g/mol. The SMILES string of the molecule is Cc1ccc(S(=O)(=O)n2ccc3c(N[C@@H](C)C4CC4)nc(Nc4ccn(C(C)C)n4)nc32)cc1. The highest BCUT2D eigenvalue weighted by atomic mass is 32.2. The molecule has 1 aliphatic carbocycles. The first-order valence-electron chi connectivity index (χ1n) is 11.5. The Morgan fingerprint density at radius 2 is 1.74 bits per heavy atom. The predicted molar refractivity (Wildman–Crippen MR) is 133 cm³/mol. The molecule has 1 saturated carbocycles. The van der Waals surface area contributed by atoms with Gasteiger partial charge in [-0.05, 0) is 64.7 Å². The van der Waals surface area contributed by atoms with E-state index in [2.05, 4.69) is 32.6 Å². The van der Waals surface area contributed by atoms with Gasteiger partial charge in [0.15, 0.2) is 11.5 Å². The summed E-state index contributed by atoms with van der Waals surface area (Å²) in [6, 6.07) is 10.8. The van der Waals surface area contributed by atoms with Crippen LogP contribution in [-0.2, 0) is 10.0 Å². The van der Waals surface area contributed by atoms with E-state index in [9.17, 15) is 8.42 Å². The third kappa shape index (κ3) is 4.25. The van der Waals surface area contributed by atoms with Crippen LogP contribution in [0, 0.1) is 12.8 Å². The van der Waals surface area contributed by atoms with Crippen LogP contribution < -0.4 is 10.6 Å². The molecule has 0 unspecified atom stereocenters. The van der Waals surface area contributed by atoms with Crippen LogP contribution in [0.5, 0.6) is 0 Å². The molecule has 178 valence electrons. The Morgan fingerprint density at radius 1 is 1.00 bits per heavy atom. The molecule has 34 heavy (non-hydrogen) atoms. The van der Waals surface area contributed by atoms with Crippen molar-refractivity contribution in [3.63, 3.8) is 0 Å².